The number of fused-ring (bicyclic) bond motifs is 6. The van der Waals surface area contributed by atoms with Crippen LogP contribution in [0.1, 0.15) is 166 Å². The van der Waals surface area contributed by atoms with Gasteiger partial charge in [0.05, 0.1) is 44.6 Å². The van der Waals surface area contributed by atoms with Crippen molar-refractivity contribution in [2.75, 3.05) is 13.2 Å². The fraction of sp³-hybridized carbons (Fsp3) is 0.359. The van der Waals surface area contributed by atoms with Crippen molar-refractivity contribution >= 4 is 43.6 Å². The Balaban J connectivity index is 1.06. The molecule has 438 valence electrons. The minimum atomic E-state index is -0.256. The van der Waals surface area contributed by atoms with E-state index >= 15 is 0 Å². The van der Waals surface area contributed by atoms with Gasteiger partial charge in [-0.1, -0.05) is 152 Å². The summed E-state index contributed by atoms with van der Waals surface area (Å²) in [5.41, 5.74) is 19.7. The summed E-state index contributed by atoms with van der Waals surface area (Å²) in [5, 5.41) is 30.9. The number of phenols is 2. The van der Waals surface area contributed by atoms with E-state index in [1.165, 1.54) is 16.7 Å². The van der Waals surface area contributed by atoms with Crippen LogP contribution in [-0.4, -0.2) is 32.6 Å². The van der Waals surface area contributed by atoms with Crippen LogP contribution in [0.2, 0.25) is 0 Å². The van der Waals surface area contributed by atoms with E-state index in [0.717, 1.165) is 128 Å². The Morgan fingerprint density at radius 1 is 0.345 bits per heavy atom. The van der Waals surface area contributed by atoms with Crippen LogP contribution in [0.4, 0.5) is 0 Å². The van der Waals surface area contributed by atoms with E-state index < -0.39 is 0 Å². The van der Waals surface area contributed by atoms with Crippen molar-refractivity contribution in [3.63, 3.8) is 0 Å². The molecule has 10 rings (SSSR count). The highest BCUT2D eigenvalue weighted by Gasteiger charge is 2.31. The molecule has 2 N–H and O–H groups in total. The second kappa shape index (κ2) is 21.0. The van der Waals surface area contributed by atoms with Gasteiger partial charge in [0, 0.05) is 43.8 Å². The standard InChI is InChI=1S/C78H92N2O4/c1-46-24-28-56-57-29-25-51(74(6,7)8)41-65(57)79(64(56)38-46)68-44-54(77(15,16)17)39-60(70(68)81)62-36-47(2)34-49(4)72(62)83(21)32-23-33-84(22)73-50(5)35-48(3)37-63(73)61-40-55(78(18,19)20)45-69(71(61)82)80-66-42-52(75(9,10)11)26-30-58(66)59-31-27-53(43-67(59)80)76(12,13)14/h24-31,34-45,81-82H,21-23,32-33H2,1-20H3. The number of rotatable bonds is 10. The first-order valence-corrected chi connectivity index (χ1v) is 30.2. The zero-order valence-corrected chi connectivity index (χ0v) is 54.2. The molecule has 6 heteroatoms. The number of aryl methyl sites for hydroxylation is 5. The molecule has 0 saturated heterocycles. The van der Waals surface area contributed by atoms with E-state index in [4.69, 9.17) is 7.11 Å². The van der Waals surface area contributed by atoms with E-state index in [1.807, 2.05) is 0 Å². The Hall–Kier alpha value is -7.44. The lowest BCUT2D eigenvalue weighted by atomic mass is 9.84. The zero-order chi connectivity index (χ0) is 61.2. The van der Waals surface area contributed by atoms with E-state index in [-0.39, 0.29) is 38.6 Å². The van der Waals surface area contributed by atoms with Gasteiger partial charge in [-0.15, -0.1) is 0 Å². The maximum absolute atomic E-state index is 13.2. The average molecular weight is 1120 g/mol. The lowest BCUT2D eigenvalue weighted by Gasteiger charge is -2.35. The number of benzene rings is 8. The third-order valence-corrected chi connectivity index (χ3v) is 17.5. The molecule has 0 fully saturated rings. The molecule has 6 nitrogen and oxygen atoms in total. The van der Waals surface area contributed by atoms with E-state index in [1.54, 1.807) is 0 Å². The number of aromatic hydroxyl groups is 2. The first kappa shape index (κ1) is 59.7. The first-order chi connectivity index (χ1) is 39.0. The Morgan fingerprint density at radius 2 is 0.655 bits per heavy atom. The summed E-state index contributed by atoms with van der Waals surface area (Å²) in [6, 6.07) is 44.7. The Labute approximate surface area is 502 Å². The smallest absolute Gasteiger partial charge is 0.237 e. The third kappa shape index (κ3) is 10.9. The molecule has 84 heavy (non-hydrogen) atoms. The minimum Gasteiger partial charge on any atom is -0.711 e. The van der Waals surface area contributed by atoms with Gasteiger partial charge in [0.2, 0.25) is 11.5 Å². The van der Waals surface area contributed by atoms with Crippen molar-refractivity contribution < 1.29 is 18.9 Å². The molecule has 2 aromatic heterocycles. The molecular weight excluding hydrogens is 1030 g/mol. The average Bonchev–Trinajstić information content (AvgIpc) is 1.79. The van der Waals surface area contributed by atoms with Crippen LogP contribution in [0.3, 0.4) is 0 Å². The topological polar surface area (TPSA) is 55.7 Å². The monoisotopic (exact) mass is 1120 g/mol. The lowest BCUT2D eigenvalue weighted by Crippen LogP contribution is -2.14. The second-order valence-electron chi connectivity index (χ2n) is 29.6. The molecule has 10 aromatic rings. The van der Waals surface area contributed by atoms with Crippen LogP contribution in [-0.2, 0) is 35.8 Å². The minimum absolute atomic E-state index is 0.0754. The summed E-state index contributed by atoms with van der Waals surface area (Å²) >= 11 is 0. The second-order valence-corrected chi connectivity index (χ2v) is 29.6. The maximum atomic E-state index is 13.2. The summed E-state index contributed by atoms with van der Waals surface area (Å²) < 4.78 is 11.0. The summed E-state index contributed by atoms with van der Waals surface area (Å²) in [7, 11) is 9.38. The van der Waals surface area contributed by atoms with Crippen molar-refractivity contribution in [3.05, 3.63) is 191 Å². The lowest BCUT2D eigenvalue weighted by molar-refractivity contribution is -0.0169. The summed E-state index contributed by atoms with van der Waals surface area (Å²) in [6.45, 7) is 45.5. The fourth-order valence-corrected chi connectivity index (χ4v) is 12.6. The van der Waals surface area contributed by atoms with E-state index in [2.05, 4.69) is 285 Å². The Kier molecular flexibility index (Phi) is 14.9. The number of phenolic OH excluding ortho intramolecular Hbond substituents is 2. The van der Waals surface area contributed by atoms with Gasteiger partial charge in [0.1, 0.15) is 17.9 Å². The molecule has 0 radical (unpaired) electrons. The molecule has 0 amide bonds. The van der Waals surface area contributed by atoms with Crippen molar-refractivity contribution in [1.29, 1.82) is 0 Å². The van der Waals surface area contributed by atoms with Crippen LogP contribution >= 0.6 is 0 Å². The van der Waals surface area contributed by atoms with E-state index in [9.17, 15) is 10.2 Å². The number of aromatic nitrogens is 2. The Morgan fingerprint density at radius 3 is 0.976 bits per heavy atom. The molecule has 0 aliphatic heterocycles. The predicted molar refractivity (Wildman–Crippen MR) is 359 cm³/mol. The predicted octanol–water partition coefficient (Wildman–Crippen LogP) is 21.9. The van der Waals surface area contributed by atoms with Gasteiger partial charge in [-0.2, -0.15) is 0 Å². The molecule has 0 aliphatic carbocycles. The number of hydrogen-bond acceptors (Lipinski definition) is 2. The largest absolute Gasteiger partial charge is 0.711 e. The summed E-state index contributed by atoms with van der Waals surface area (Å²) in [4.78, 5) is 0. The van der Waals surface area contributed by atoms with Crippen LogP contribution in [0, 0.1) is 48.8 Å². The van der Waals surface area contributed by atoms with Crippen molar-refractivity contribution in [1.82, 2.24) is 9.13 Å². The molecule has 0 atom stereocenters. The molecule has 2 heterocycles. The van der Waals surface area contributed by atoms with Crippen molar-refractivity contribution in [2.24, 2.45) is 0 Å². The molecule has 0 unspecified atom stereocenters. The van der Waals surface area contributed by atoms with Crippen molar-refractivity contribution in [2.45, 2.75) is 172 Å². The van der Waals surface area contributed by atoms with Crippen LogP contribution in [0.25, 0.3) is 77.2 Å². The molecule has 0 saturated carbocycles. The molecule has 0 aliphatic rings. The first-order valence-electron chi connectivity index (χ1n) is 30.2. The van der Waals surface area contributed by atoms with Gasteiger partial charge in [-0.25, -0.2) is 0 Å². The third-order valence-electron chi connectivity index (χ3n) is 17.5. The van der Waals surface area contributed by atoms with Gasteiger partial charge in [0.15, 0.2) is 13.2 Å². The van der Waals surface area contributed by atoms with Gasteiger partial charge >= 0.3 is 0 Å². The van der Waals surface area contributed by atoms with Crippen LogP contribution < -0.4 is 0 Å². The normalized spacial score (nSPS) is 12.9. The molecular formula is C78H92N2O4. The highest BCUT2D eigenvalue weighted by Crippen LogP contribution is 2.51. The number of hydrogen-bond donors (Lipinski definition) is 2. The fourth-order valence-electron chi connectivity index (χ4n) is 12.6. The highest BCUT2D eigenvalue weighted by atomic mass is 16.7. The number of nitrogens with zero attached hydrogens (tertiary/aromatic N) is 2. The van der Waals surface area contributed by atoms with Gasteiger partial charge in [0.25, 0.3) is 0 Å². The van der Waals surface area contributed by atoms with Gasteiger partial charge < -0.3 is 28.1 Å². The molecule has 8 aromatic carbocycles. The van der Waals surface area contributed by atoms with Crippen molar-refractivity contribution in [3.8, 4) is 56.6 Å². The van der Waals surface area contributed by atoms with Crippen LogP contribution in [0.5, 0.6) is 23.0 Å². The zero-order valence-electron chi connectivity index (χ0n) is 54.2. The SMILES string of the molecule is [CH2-][O+](CCC[O+]([CH2-])c1c(C)cc(C)cc1-c1cc(C(C)(C)C)cc(-n2c3cc(C(C)(C)C)ccc3c3ccc(C(C)(C)C)cc32)c1O)c1c(C)cc(C)cc1-c1cc(C(C)(C)C)cc(-n2c3cc(C)ccc3c3ccc(C(C)(C)C)cc32)c1O. The van der Waals surface area contributed by atoms with E-state index in [0.29, 0.717) is 19.6 Å². The summed E-state index contributed by atoms with van der Waals surface area (Å²) in [5.74, 6) is 2.21. The van der Waals surface area contributed by atoms with Gasteiger partial charge in [-0.3, -0.25) is 0 Å². The summed E-state index contributed by atoms with van der Waals surface area (Å²) in [6.07, 6.45) is 0.657. The molecule has 0 bridgehead atoms. The molecule has 0 spiro atoms. The quantitative estimate of drug-likeness (QED) is 0.106. The maximum Gasteiger partial charge on any atom is 0.237 e. The Bertz CT molecular complexity index is 4170. The van der Waals surface area contributed by atoms with Gasteiger partial charge in [-0.05, 0) is 193 Å². The highest BCUT2D eigenvalue weighted by molar-refractivity contribution is 6.11. The van der Waals surface area contributed by atoms with Crippen LogP contribution in [0.15, 0.2) is 121 Å².